The molecule has 0 bridgehead atoms. The van der Waals surface area contributed by atoms with Crippen molar-refractivity contribution in [2.75, 3.05) is 13.7 Å². The van der Waals surface area contributed by atoms with Gasteiger partial charge < -0.3 is 9.15 Å². The molecule has 0 fully saturated rings. The van der Waals surface area contributed by atoms with Crippen LogP contribution >= 0.6 is 11.3 Å². The average molecular weight is 411 g/mol. The zero-order valence-electron chi connectivity index (χ0n) is 16.1. The van der Waals surface area contributed by atoms with E-state index in [0.717, 1.165) is 22.0 Å². The Balaban J connectivity index is 1.73. The Morgan fingerprint density at radius 2 is 2.17 bits per heavy atom. The second-order valence-corrected chi connectivity index (χ2v) is 7.50. The molecule has 4 aromatic heterocycles. The first-order valence-corrected chi connectivity index (χ1v) is 10.2. The molecule has 8 nitrogen and oxygen atoms in total. The van der Waals surface area contributed by atoms with E-state index in [0.29, 0.717) is 26.2 Å². The summed E-state index contributed by atoms with van der Waals surface area (Å²) in [5.41, 5.74) is 1.11. The minimum absolute atomic E-state index is 0.132. The Labute approximate surface area is 172 Å². The second-order valence-electron chi connectivity index (χ2n) is 6.52. The van der Waals surface area contributed by atoms with Gasteiger partial charge in [0.05, 0.1) is 26.0 Å². The highest BCUT2D eigenvalue weighted by Crippen LogP contribution is 2.33. The van der Waals surface area contributed by atoms with Gasteiger partial charge in [-0.3, -0.25) is 9.88 Å². The van der Waals surface area contributed by atoms with Gasteiger partial charge in [0.2, 0.25) is 0 Å². The molecule has 0 amide bonds. The zero-order chi connectivity index (χ0) is 19.9. The van der Waals surface area contributed by atoms with Gasteiger partial charge in [-0.15, -0.1) is 16.4 Å². The van der Waals surface area contributed by atoms with Crippen molar-refractivity contribution in [3.63, 3.8) is 0 Å². The van der Waals surface area contributed by atoms with E-state index in [1.54, 1.807) is 30.9 Å². The molecule has 0 spiro atoms. The highest BCUT2D eigenvalue weighted by Gasteiger charge is 2.29. The average Bonchev–Trinajstić information content (AvgIpc) is 3.51. The number of hydrogen-bond donors (Lipinski definition) is 0. The van der Waals surface area contributed by atoms with Gasteiger partial charge in [-0.25, -0.2) is 4.68 Å². The Bertz CT molecular complexity index is 972. The molecule has 0 radical (unpaired) electrons. The van der Waals surface area contributed by atoms with E-state index in [4.69, 9.17) is 9.15 Å². The number of hydrogen-bond acceptors (Lipinski definition) is 8. The maximum absolute atomic E-state index is 5.65. The molecule has 1 atom stereocenters. The fourth-order valence-electron chi connectivity index (χ4n) is 3.23. The molecular formula is C20H22N6O2S. The summed E-state index contributed by atoms with van der Waals surface area (Å²) in [6.07, 6.45) is 5.36. The van der Waals surface area contributed by atoms with Crippen molar-refractivity contribution in [2.24, 2.45) is 0 Å². The van der Waals surface area contributed by atoms with E-state index in [-0.39, 0.29) is 6.04 Å². The number of aromatic nitrogens is 5. The van der Waals surface area contributed by atoms with Gasteiger partial charge in [-0.2, -0.15) is 0 Å². The maximum atomic E-state index is 5.65. The van der Waals surface area contributed by atoms with Crippen LogP contribution in [-0.2, 0) is 24.4 Å². The van der Waals surface area contributed by atoms with Crippen LogP contribution in [0.4, 0.5) is 0 Å². The minimum atomic E-state index is -0.132. The smallest absolute Gasteiger partial charge is 0.173 e. The lowest BCUT2D eigenvalue weighted by atomic mass is 10.1. The van der Waals surface area contributed by atoms with Crippen molar-refractivity contribution in [1.82, 2.24) is 30.1 Å². The SMILES string of the molecule is COCCn1nnnc1[C@H](c1cccs1)N(Cc1cccnc1)Cc1ccco1. The van der Waals surface area contributed by atoms with Crippen LogP contribution in [0.25, 0.3) is 0 Å². The standard InChI is InChI=1S/C20H22N6O2S/c1-27-11-9-26-20(22-23-24-26)19(18-7-4-12-29-18)25(15-17-6-3-10-28-17)14-16-5-2-8-21-13-16/h2-8,10,12-13,19H,9,11,14-15H2,1H3/t19-/m0/s1. The van der Waals surface area contributed by atoms with Crippen LogP contribution in [0.2, 0.25) is 0 Å². The normalized spacial score (nSPS) is 12.5. The summed E-state index contributed by atoms with van der Waals surface area (Å²) in [5.74, 6) is 1.66. The number of furan rings is 1. The van der Waals surface area contributed by atoms with E-state index >= 15 is 0 Å². The van der Waals surface area contributed by atoms with Crippen LogP contribution < -0.4 is 0 Å². The molecule has 150 valence electrons. The quantitative estimate of drug-likeness (QED) is 0.397. The van der Waals surface area contributed by atoms with Crippen molar-refractivity contribution < 1.29 is 9.15 Å². The Kier molecular flexibility index (Phi) is 6.40. The van der Waals surface area contributed by atoms with Crippen molar-refractivity contribution >= 4 is 11.3 Å². The van der Waals surface area contributed by atoms with E-state index < -0.39 is 0 Å². The highest BCUT2D eigenvalue weighted by atomic mass is 32.1. The number of nitrogens with zero attached hydrogens (tertiary/aromatic N) is 6. The monoisotopic (exact) mass is 410 g/mol. The van der Waals surface area contributed by atoms with Crippen LogP contribution in [0.5, 0.6) is 0 Å². The summed E-state index contributed by atoms with van der Waals surface area (Å²) >= 11 is 1.69. The van der Waals surface area contributed by atoms with Gasteiger partial charge in [0.1, 0.15) is 11.8 Å². The van der Waals surface area contributed by atoms with Crippen molar-refractivity contribution in [2.45, 2.75) is 25.7 Å². The highest BCUT2D eigenvalue weighted by molar-refractivity contribution is 7.10. The summed E-state index contributed by atoms with van der Waals surface area (Å²) in [7, 11) is 1.67. The molecule has 0 saturated carbocycles. The predicted octanol–water partition coefficient (Wildman–Crippen LogP) is 3.16. The van der Waals surface area contributed by atoms with Gasteiger partial charge in [0, 0.05) is 30.9 Å². The number of methoxy groups -OCH3 is 1. The molecule has 0 unspecified atom stereocenters. The number of ether oxygens (including phenoxy) is 1. The van der Waals surface area contributed by atoms with Crippen LogP contribution in [0, 0.1) is 0 Å². The first kappa shape index (κ1) is 19.4. The minimum Gasteiger partial charge on any atom is -0.468 e. The lowest BCUT2D eigenvalue weighted by Gasteiger charge is -2.29. The van der Waals surface area contributed by atoms with E-state index in [2.05, 4.69) is 42.9 Å². The number of pyridine rings is 1. The second kappa shape index (κ2) is 9.55. The topological polar surface area (TPSA) is 82.1 Å². The molecular weight excluding hydrogens is 388 g/mol. The van der Waals surface area contributed by atoms with Crippen molar-refractivity contribution in [1.29, 1.82) is 0 Å². The van der Waals surface area contributed by atoms with Gasteiger partial charge >= 0.3 is 0 Å². The third kappa shape index (κ3) is 4.76. The number of thiophene rings is 1. The largest absolute Gasteiger partial charge is 0.468 e. The van der Waals surface area contributed by atoms with Gasteiger partial charge in [0.15, 0.2) is 5.82 Å². The fraction of sp³-hybridized carbons (Fsp3) is 0.300. The van der Waals surface area contributed by atoms with E-state index in [9.17, 15) is 0 Å². The van der Waals surface area contributed by atoms with Gasteiger partial charge in [-0.05, 0) is 45.6 Å². The third-order valence-electron chi connectivity index (χ3n) is 4.54. The summed E-state index contributed by atoms with van der Waals surface area (Å²) in [5, 5.41) is 14.6. The molecule has 0 aliphatic rings. The summed E-state index contributed by atoms with van der Waals surface area (Å²) in [6, 6.07) is 11.9. The molecule has 4 aromatic rings. The molecule has 0 saturated heterocycles. The van der Waals surface area contributed by atoms with Crippen molar-refractivity contribution in [3.05, 3.63) is 82.5 Å². The predicted molar refractivity (Wildman–Crippen MR) is 108 cm³/mol. The third-order valence-corrected chi connectivity index (χ3v) is 5.46. The van der Waals surface area contributed by atoms with Crippen LogP contribution in [0.1, 0.15) is 28.1 Å². The first-order valence-electron chi connectivity index (χ1n) is 9.29. The van der Waals surface area contributed by atoms with E-state index in [1.807, 2.05) is 35.1 Å². The molecule has 4 rings (SSSR count). The summed E-state index contributed by atoms with van der Waals surface area (Å²) < 4.78 is 12.7. The molecule has 4 heterocycles. The lowest BCUT2D eigenvalue weighted by Crippen LogP contribution is -2.31. The zero-order valence-corrected chi connectivity index (χ0v) is 16.9. The van der Waals surface area contributed by atoms with Gasteiger partial charge in [0.25, 0.3) is 0 Å². The Hall–Kier alpha value is -2.88. The van der Waals surface area contributed by atoms with Crippen molar-refractivity contribution in [3.8, 4) is 0 Å². The summed E-state index contributed by atoms with van der Waals surface area (Å²) in [6.45, 7) is 2.41. The number of rotatable bonds is 10. The van der Waals surface area contributed by atoms with Crippen LogP contribution in [0.15, 0.2) is 64.9 Å². The maximum Gasteiger partial charge on any atom is 0.173 e. The molecule has 0 aliphatic heterocycles. The lowest BCUT2D eigenvalue weighted by molar-refractivity contribution is 0.165. The Morgan fingerprint density at radius 1 is 1.21 bits per heavy atom. The Morgan fingerprint density at radius 3 is 2.90 bits per heavy atom. The number of tetrazole rings is 1. The fourth-order valence-corrected chi connectivity index (χ4v) is 4.08. The molecule has 0 N–H and O–H groups in total. The summed E-state index contributed by atoms with van der Waals surface area (Å²) in [4.78, 5) is 7.73. The van der Waals surface area contributed by atoms with Gasteiger partial charge in [-0.1, -0.05) is 12.1 Å². The molecule has 29 heavy (non-hydrogen) atoms. The van der Waals surface area contributed by atoms with E-state index in [1.165, 1.54) is 0 Å². The van der Waals surface area contributed by atoms with Crippen LogP contribution in [-0.4, -0.2) is 43.8 Å². The van der Waals surface area contributed by atoms with Crippen LogP contribution in [0.3, 0.4) is 0 Å². The molecule has 0 aromatic carbocycles. The first-order chi connectivity index (χ1) is 14.3. The molecule has 9 heteroatoms. The molecule has 0 aliphatic carbocycles.